The van der Waals surface area contributed by atoms with E-state index in [2.05, 4.69) is 10.6 Å². The van der Waals surface area contributed by atoms with Gasteiger partial charge in [0.15, 0.2) is 0 Å². The number of aliphatic carboxylic acids is 1. The minimum absolute atomic E-state index is 0.00262. The monoisotopic (exact) mass is 587 g/mol. The molecule has 3 aromatic carbocycles. The van der Waals surface area contributed by atoms with Crippen molar-refractivity contribution >= 4 is 23.9 Å². The van der Waals surface area contributed by atoms with Crippen LogP contribution in [0, 0.1) is 5.92 Å². The summed E-state index contributed by atoms with van der Waals surface area (Å²) in [6.07, 6.45) is -0.0834. The van der Waals surface area contributed by atoms with Crippen molar-refractivity contribution in [2.75, 3.05) is 19.6 Å². The maximum atomic E-state index is 13.6. The molecule has 0 unspecified atom stereocenters. The first-order valence-corrected chi connectivity index (χ1v) is 14.5. The normalized spacial score (nSPS) is 12.2. The van der Waals surface area contributed by atoms with E-state index in [1.807, 2.05) is 98.8 Å². The van der Waals surface area contributed by atoms with Gasteiger partial charge in [0.05, 0.1) is 6.42 Å². The summed E-state index contributed by atoms with van der Waals surface area (Å²) in [7, 11) is 0. The van der Waals surface area contributed by atoms with Crippen molar-refractivity contribution in [2.24, 2.45) is 5.92 Å². The Bertz CT molecular complexity index is 1350. The maximum Gasteiger partial charge on any atom is 0.329 e. The lowest BCUT2D eigenvalue weighted by atomic mass is 9.86. The predicted octanol–water partition coefficient (Wildman–Crippen LogP) is 5.05. The van der Waals surface area contributed by atoms with Crippen molar-refractivity contribution in [2.45, 2.75) is 52.2 Å². The molecule has 0 aliphatic carbocycles. The van der Waals surface area contributed by atoms with Gasteiger partial charge in [0.2, 0.25) is 5.91 Å². The molecule has 0 saturated heterocycles. The molecule has 9 nitrogen and oxygen atoms in total. The van der Waals surface area contributed by atoms with Crippen LogP contribution in [0.1, 0.15) is 44.7 Å². The first kappa shape index (κ1) is 32.8. The fourth-order valence-electron chi connectivity index (χ4n) is 4.71. The number of amides is 3. The van der Waals surface area contributed by atoms with Crippen LogP contribution < -0.4 is 10.6 Å². The van der Waals surface area contributed by atoms with Gasteiger partial charge in [0.1, 0.15) is 12.1 Å². The second kappa shape index (κ2) is 16.1. The molecule has 3 rings (SSSR count). The zero-order chi connectivity index (χ0) is 31.2. The third kappa shape index (κ3) is 10.6. The molecule has 3 aromatic rings. The van der Waals surface area contributed by atoms with Crippen LogP contribution in [-0.2, 0) is 32.1 Å². The van der Waals surface area contributed by atoms with E-state index >= 15 is 0 Å². The van der Waals surface area contributed by atoms with Crippen LogP contribution in [0.5, 0.6) is 0 Å². The van der Waals surface area contributed by atoms with Crippen LogP contribution >= 0.6 is 0 Å². The number of carbonyl (C=O) groups excluding carboxylic acids is 3. The molecular formula is C34H41N3O6. The van der Waals surface area contributed by atoms with Crippen molar-refractivity contribution in [1.82, 2.24) is 15.5 Å². The molecule has 0 bridgehead atoms. The lowest BCUT2D eigenvalue weighted by Gasteiger charge is -2.34. The molecule has 3 amide bonds. The number of esters is 1. The third-order valence-corrected chi connectivity index (χ3v) is 6.95. The molecule has 43 heavy (non-hydrogen) atoms. The molecule has 0 heterocycles. The van der Waals surface area contributed by atoms with Crippen LogP contribution in [0.2, 0.25) is 0 Å². The summed E-state index contributed by atoms with van der Waals surface area (Å²) in [6, 6.07) is 26.0. The van der Waals surface area contributed by atoms with E-state index in [0.717, 1.165) is 16.7 Å². The van der Waals surface area contributed by atoms with Gasteiger partial charge < -0.3 is 25.4 Å². The fraction of sp³-hybridized carbons (Fsp3) is 0.353. The molecule has 0 spiro atoms. The molecule has 0 fully saturated rings. The minimum atomic E-state index is -1.71. The van der Waals surface area contributed by atoms with E-state index in [-0.39, 0.29) is 50.8 Å². The number of hydrogen-bond donors (Lipinski definition) is 3. The first-order chi connectivity index (χ1) is 20.6. The summed E-state index contributed by atoms with van der Waals surface area (Å²) >= 11 is 0. The molecule has 0 aromatic heterocycles. The smallest absolute Gasteiger partial charge is 0.329 e. The predicted molar refractivity (Wildman–Crippen MR) is 165 cm³/mol. The standard InChI is InChI=1S/C34H41N3O6/c1-25(2)23-37(21-18-31(39)43-24-28-10-6-4-7-11-28)33(42)36-34(32(40)41,19-20-35-26(3)38)22-27-14-16-30(17-15-27)29-12-8-5-9-13-29/h4-17,25H,18-24H2,1-3H3,(H,35,38)(H,36,42)(H,40,41)/t34-/m1/s1. The van der Waals surface area contributed by atoms with Crippen molar-refractivity contribution in [3.63, 3.8) is 0 Å². The number of urea groups is 1. The molecule has 0 saturated carbocycles. The third-order valence-electron chi connectivity index (χ3n) is 6.95. The SMILES string of the molecule is CC(=O)NCC[C@](Cc1ccc(-c2ccccc2)cc1)(NC(=O)N(CCC(=O)OCc1ccccc1)CC(C)C)C(=O)O. The number of ether oxygens (including phenoxy) is 1. The number of carboxylic acid groups (broad SMARTS) is 1. The molecule has 228 valence electrons. The van der Waals surface area contributed by atoms with Gasteiger partial charge in [-0.25, -0.2) is 9.59 Å². The summed E-state index contributed by atoms with van der Waals surface area (Å²) in [6.45, 7) is 5.78. The quantitative estimate of drug-likeness (QED) is 0.214. The van der Waals surface area contributed by atoms with Crippen LogP contribution in [0.4, 0.5) is 4.79 Å². The van der Waals surface area contributed by atoms with Crippen molar-refractivity contribution in [3.8, 4) is 11.1 Å². The van der Waals surface area contributed by atoms with Crippen LogP contribution in [0.3, 0.4) is 0 Å². The highest BCUT2D eigenvalue weighted by atomic mass is 16.5. The van der Waals surface area contributed by atoms with Crippen LogP contribution in [0.15, 0.2) is 84.9 Å². The summed E-state index contributed by atoms with van der Waals surface area (Å²) < 4.78 is 5.37. The summed E-state index contributed by atoms with van der Waals surface area (Å²) in [5.74, 6) is -1.91. The molecule has 0 aliphatic heterocycles. The van der Waals surface area contributed by atoms with Gasteiger partial charge in [-0.2, -0.15) is 0 Å². The number of benzene rings is 3. The van der Waals surface area contributed by atoms with E-state index in [9.17, 15) is 24.3 Å². The highest BCUT2D eigenvalue weighted by Crippen LogP contribution is 2.24. The Hall–Kier alpha value is -4.66. The van der Waals surface area contributed by atoms with Crippen molar-refractivity contribution in [1.29, 1.82) is 0 Å². The van der Waals surface area contributed by atoms with Crippen LogP contribution in [0.25, 0.3) is 11.1 Å². The lowest BCUT2D eigenvalue weighted by molar-refractivity contribution is -0.146. The average Bonchev–Trinajstić information content (AvgIpc) is 2.99. The Morgan fingerprint density at radius 1 is 0.860 bits per heavy atom. The maximum absolute atomic E-state index is 13.6. The lowest BCUT2D eigenvalue weighted by Crippen LogP contribution is -2.60. The second-order valence-electron chi connectivity index (χ2n) is 11.0. The van der Waals surface area contributed by atoms with Gasteiger partial charge >= 0.3 is 18.0 Å². The number of nitrogens with one attached hydrogen (secondary N) is 2. The van der Waals surface area contributed by atoms with Gasteiger partial charge in [-0.3, -0.25) is 9.59 Å². The molecule has 3 N–H and O–H groups in total. The van der Waals surface area contributed by atoms with Crippen LogP contribution in [-0.4, -0.2) is 59.1 Å². The summed E-state index contributed by atoms with van der Waals surface area (Å²) in [4.78, 5) is 52.0. The number of hydrogen-bond acceptors (Lipinski definition) is 5. The van der Waals surface area contributed by atoms with E-state index in [4.69, 9.17) is 4.74 Å². The van der Waals surface area contributed by atoms with E-state index in [0.29, 0.717) is 12.1 Å². The summed E-state index contributed by atoms with van der Waals surface area (Å²) in [5, 5.41) is 15.9. The Morgan fingerprint density at radius 3 is 2.05 bits per heavy atom. The van der Waals surface area contributed by atoms with E-state index < -0.39 is 23.5 Å². The van der Waals surface area contributed by atoms with Gasteiger partial charge in [0, 0.05) is 33.0 Å². The Kier molecular flexibility index (Phi) is 12.3. The zero-order valence-electron chi connectivity index (χ0n) is 25.0. The highest BCUT2D eigenvalue weighted by Gasteiger charge is 2.41. The van der Waals surface area contributed by atoms with Gasteiger partial charge in [-0.15, -0.1) is 0 Å². The molecule has 9 heteroatoms. The largest absolute Gasteiger partial charge is 0.479 e. The number of rotatable bonds is 15. The number of nitrogens with zero attached hydrogens (tertiary/aromatic N) is 1. The molecule has 0 radical (unpaired) electrons. The second-order valence-corrected chi connectivity index (χ2v) is 11.0. The Morgan fingerprint density at radius 2 is 1.47 bits per heavy atom. The van der Waals surface area contributed by atoms with E-state index in [1.165, 1.54) is 11.8 Å². The number of carboxylic acids is 1. The zero-order valence-corrected chi connectivity index (χ0v) is 25.0. The van der Waals surface area contributed by atoms with E-state index in [1.54, 1.807) is 0 Å². The van der Waals surface area contributed by atoms with Crippen molar-refractivity contribution in [3.05, 3.63) is 96.1 Å². The highest BCUT2D eigenvalue weighted by molar-refractivity contribution is 5.87. The summed E-state index contributed by atoms with van der Waals surface area (Å²) in [5.41, 5.74) is 1.87. The van der Waals surface area contributed by atoms with Gasteiger partial charge in [0.25, 0.3) is 0 Å². The fourth-order valence-corrected chi connectivity index (χ4v) is 4.71. The average molecular weight is 588 g/mol. The Labute approximate surface area is 253 Å². The molecular weight excluding hydrogens is 546 g/mol. The Balaban J connectivity index is 1.76. The molecule has 1 atom stereocenters. The topological polar surface area (TPSA) is 125 Å². The van der Waals surface area contributed by atoms with Crippen molar-refractivity contribution < 1.29 is 29.0 Å². The first-order valence-electron chi connectivity index (χ1n) is 14.5. The minimum Gasteiger partial charge on any atom is -0.479 e. The van der Waals surface area contributed by atoms with Gasteiger partial charge in [-0.05, 0) is 34.6 Å². The number of carbonyl (C=O) groups is 4. The molecule has 0 aliphatic rings. The van der Waals surface area contributed by atoms with Gasteiger partial charge in [-0.1, -0.05) is 98.8 Å².